The number of carbonyl (C=O) groups excluding carboxylic acids is 1. The largest absolute Gasteiger partial charge is 0.489 e. The van der Waals surface area contributed by atoms with E-state index in [0.717, 1.165) is 29.7 Å². The average molecular weight is 370 g/mol. The minimum Gasteiger partial charge on any atom is -0.489 e. The highest BCUT2D eigenvalue weighted by atomic mass is 32.2. The number of benzene rings is 2. The summed E-state index contributed by atoms with van der Waals surface area (Å²) >= 11 is 6.27. The molecule has 1 aliphatic heterocycles. The summed E-state index contributed by atoms with van der Waals surface area (Å²) in [6, 6.07) is 16.2. The first-order chi connectivity index (χ1) is 12.1. The Bertz CT molecular complexity index is 795. The Kier molecular flexibility index (Phi) is 5.89. The topological polar surface area (TPSA) is 38.3 Å². The Morgan fingerprint density at radius 1 is 1.08 bits per heavy atom. The predicted octanol–water partition coefficient (Wildman–Crippen LogP) is 4.71. The van der Waals surface area contributed by atoms with E-state index in [-0.39, 0.29) is 5.91 Å². The molecule has 2 aromatic carbocycles. The van der Waals surface area contributed by atoms with E-state index in [4.69, 9.17) is 17.0 Å². The van der Waals surface area contributed by atoms with Gasteiger partial charge < -0.3 is 10.1 Å². The zero-order valence-corrected chi connectivity index (χ0v) is 15.6. The van der Waals surface area contributed by atoms with Crippen molar-refractivity contribution in [1.29, 1.82) is 0 Å². The van der Waals surface area contributed by atoms with Gasteiger partial charge in [0.05, 0.1) is 4.91 Å². The van der Waals surface area contributed by atoms with Gasteiger partial charge in [-0.25, -0.2) is 0 Å². The van der Waals surface area contributed by atoms with Gasteiger partial charge in [-0.05, 0) is 41.3 Å². The Balaban J connectivity index is 1.58. The molecule has 0 atom stereocenters. The van der Waals surface area contributed by atoms with Crippen LogP contribution in [0.15, 0.2) is 53.4 Å². The summed E-state index contributed by atoms with van der Waals surface area (Å²) in [5.74, 6) is 0.667. The highest BCUT2D eigenvalue weighted by Gasteiger charge is 2.21. The van der Waals surface area contributed by atoms with Crippen LogP contribution in [-0.4, -0.2) is 10.2 Å². The van der Waals surface area contributed by atoms with Crippen LogP contribution in [0.1, 0.15) is 30.0 Å². The molecule has 0 unspecified atom stereocenters. The molecule has 0 aromatic heterocycles. The number of thiocarbonyl (C=S) groups is 1. The quantitative estimate of drug-likeness (QED) is 0.591. The van der Waals surface area contributed by atoms with E-state index in [1.165, 1.54) is 17.3 Å². The van der Waals surface area contributed by atoms with Crippen molar-refractivity contribution in [3.05, 3.63) is 70.1 Å². The number of amides is 1. The molecule has 5 heteroatoms. The third-order valence-electron chi connectivity index (χ3n) is 3.79. The third kappa shape index (κ3) is 4.94. The van der Waals surface area contributed by atoms with Crippen LogP contribution in [-0.2, 0) is 17.8 Å². The number of aryl methyl sites for hydroxylation is 1. The summed E-state index contributed by atoms with van der Waals surface area (Å²) in [6.07, 6.45) is 4.10. The van der Waals surface area contributed by atoms with Gasteiger partial charge in [-0.2, -0.15) is 0 Å². The summed E-state index contributed by atoms with van der Waals surface area (Å²) in [7, 11) is 0. The van der Waals surface area contributed by atoms with Crippen LogP contribution in [0.2, 0.25) is 0 Å². The van der Waals surface area contributed by atoms with Crippen molar-refractivity contribution < 1.29 is 9.53 Å². The van der Waals surface area contributed by atoms with Gasteiger partial charge in [-0.3, -0.25) is 4.79 Å². The number of nitrogens with one attached hydrogen (secondary N) is 1. The van der Waals surface area contributed by atoms with Crippen molar-refractivity contribution in [3.63, 3.8) is 0 Å². The summed E-state index contributed by atoms with van der Waals surface area (Å²) in [6.45, 7) is 2.72. The molecule has 1 aliphatic rings. The molecule has 1 fully saturated rings. The molecule has 1 saturated heterocycles. The second kappa shape index (κ2) is 8.32. The van der Waals surface area contributed by atoms with E-state index < -0.39 is 0 Å². The lowest BCUT2D eigenvalue weighted by Crippen LogP contribution is -2.17. The van der Waals surface area contributed by atoms with Crippen molar-refractivity contribution in [2.75, 3.05) is 0 Å². The first-order valence-electron chi connectivity index (χ1n) is 8.19. The molecule has 0 bridgehead atoms. The van der Waals surface area contributed by atoms with Gasteiger partial charge in [-0.1, -0.05) is 73.7 Å². The first kappa shape index (κ1) is 17.7. The smallest absolute Gasteiger partial charge is 0.263 e. The maximum absolute atomic E-state index is 11.7. The summed E-state index contributed by atoms with van der Waals surface area (Å²) in [5.41, 5.74) is 3.45. The van der Waals surface area contributed by atoms with Crippen molar-refractivity contribution in [2.45, 2.75) is 26.4 Å². The maximum atomic E-state index is 11.7. The van der Waals surface area contributed by atoms with Gasteiger partial charge in [0.25, 0.3) is 5.91 Å². The fraction of sp³-hybridized carbons (Fsp3) is 0.200. The number of thioether (sulfide) groups is 1. The average Bonchev–Trinajstić information content (AvgIpc) is 2.93. The molecule has 128 valence electrons. The van der Waals surface area contributed by atoms with Gasteiger partial charge in [-0.15, -0.1) is 0 Å². The zero-order valence-electron chi connectivity index (χ0n) is 14.0. The fourth-order valence-electron chi connectivity index (χ4n) is 2.49. The van der Waals surface area contributed by atoms with Gasteiger partial charge in [0.2, 0.25) is 0 Å². The molecule has 0 radical (unpaired) electrons. The molecule has 25 heavy (non-hydrogen) atoms. The highest BCUT2D eigenvalue weighted by molar-refractivity contribution is 8.26. The Labute approximate surface area is 157 Å². The fourth-order valence-corrected chi connectivity index (χ4v) is 3.53. The second-order valence-corrected chi connectivity index (χ2v) is 7.50. The van der Waals surface area contributed by atoms with Gasteiger partial charge in [0.15, 0.2) is 0 Å². The normalized spacial score (nSPS) is 15.5. The minimum atomic E-state index is -0.137. The number of hydrogen-bond acceptors (Lipinski definition) is 4. The minimum absolute atomic E-state index is 0.137. The standard InChI is InChI=1S/C20H19NO2S2/c1-2-3-14-4-6-16(7-5-14)13-23-17-10-8-15(9-11-17)12-18-19(22)21-20(24)25-18/h4-12H,2-3,13H2,1H3,(H,21,22,24). The molecule has 0 aliphatic carbocycles. The van der Waals surface area contributed by atoms with Gasteiger partial charge in [0, 0.05) is 0 Å². The second-order valence-electron chi connectivity index (χ2n) is 5.78. The number of carbonyl (C=O) groups is 1. The van der Waals surface area contributed by atoms with Crippen LogP contribution in [0.3, 0.4) is 0 Å². The molecule has 3 nitrogen and oxygen atoms in total. The molecule has 0 spiro atoms. The Morgan fingerprint density at radius 2 is 1.76 bits per heavy atom. The van der Waals surface area contributed by atoms with Crippen LogP contribution in [0, 0.1) is 0 Å². The molecule has 1 N–H and O–H groups in total. The third-order valence-corrected chi connectivity index (χ3v) is 4.95. The highest BCUT2D eigenvalue weighted by Crippen LogP contribution is 2.26. The van der Waals surface area contributed by atoms with Crippen LogP contribution in [0.5, 0.6) is 5.75 Å². The molecular weight excluding hydrogens is 350 g/mol. The van der Waals surface area contributed by atoms with E-state index in [1.54, 1.807) is 0 Å². The zero-order chi connectivity index (χ0) is 17.6. The molecule has 1 amide bonds. The predicted molar refractivity (Wildman–Crippen MR) is 108 cm³/mol. The first-order valence-corrected chi connectivity index (χ1v) is 9.42. The van der Waals surface area contributed by atoms with E-state index >= 15 is 0 Å². The molecule has 1 heterocycles. The summed E-state index contributed by atoms with van der Waals surface area (Å²) in [5, 5.41) is 2.61. The Hall–Kier alpha value is -2.11. The number of ether oxygens (including phenoxy) is 1. The molecular formula is C20H19NO2S2. The summed E-state index contributed by atoms with van der Waals surface area (Å²) < 4.78 is 6.33. The van der Waals surface area contributed by atoms with E-state index in [2.05, 4.69) is 36.5 Å². The number of rotatable bonds is 6. The molecule has 0 saturated carbocycles. The van der Waals surface area contributed by atoms with Crippen molar-refractivity contribution in [1.82, 2.24) is 5.32 Å². The number of hydrogen-bond donors (Lipinski definition) is 1. The Morgan fingerprint density at radius 3 is 2.36 bits per heavy atom. The monoisotopic (exact) mass is 369 g/mol. The molecule has 3 rings (SSSR count). The summed E-state index contributed by atoms with van der Waals surface area (Å²) in [4.78, 5) is 12.3. The van der Waals surface area contributed by atoms with Crippen molar-refractivity contribution >= 4 is 40.3 Å². The van der Waals surface area contributed by atoms with Crippen LogP contribution in [0.4, 0.5) is 0 Å². The van der Waals surface area contributed by atoms with Crippen molar-refractivity contribution in [3.8, 4) is 5.75 Å². The van der Waals surface area contributed by atoms with E-state index in [9.17, 15) is 4.79 Å². The van der Waals surface area contributed by atoms with E-state index in [1.807, 2.05) is 30.3 Å². The van der Waals surface area contributed by atoms with Crippen LogP contribution in [0.25, 0.3) is 6.08 Å². The lowest BCUT2D eigenvalue weighted by Gasteiger charge is -2.07. The van der Waals surface area contributed by atoms with Gasteiger partial charge in [0.1, 0.15) is 16.7 Å². The maximum Gasteiger partial charge on any atom is 0.263 e. The van der Waals surface area contributed by atoms with Crippen LogP contribution >= 0.6 is 24.0 Å². The lowest BCUT2D eigenvalue weighted by molar-refractivity contribution is -0.115. The van der Waals surface area contributed by atoms with Gasteiger partial charge >= 0.3 is 0 Å². The molecule has 2 aromatic rings. The SMILES string of the molecule is CCCc1ccc(COc2ccc(C=C3SC(=S)NC3=O)cc2)cc1. The van der Waals surface area contributed by atoms with Crippen LogP contribution < -0.4 is 10.1 Å². The van der Waals surface area contributed by atoms with E-state index in [0.29, 0.717) is 15.8 Å². The lowest BCUT2D eigenvalue weighted by atomic mass is 10.1. The van der Waals surface area contributed by atoms with Crippen molar-refractivity contribution in [2.24, 2.45) is 0 Å².